The molecule has 2 heterocycles. The third-order valence-corrected chi connectivity index (χ3v) is 6.95. The first-order valence-electron chi connectivity index (χ1n) is 9.58. The van der Waals surface area contributed by atoms with E-state index in [2.05, 4.69) is 15.0 Å². The second kappa shape index (κ2) is 9.11. The summed E-state index contributed by atoms with van der Waals surface area (Å²) in [4.78, 5) is 38.6. The number of esters is 1. The highest BCUT2D eigenvalue weighted by Gasteiger charge is 2.33. The Morgan fingerprint density at radius 3 is 2.64 bits per heavy atom. The van der Waals surface area contributed by atoms with Crippen LogP contribution in [0.4, 0.5) is 16.2 Å². The Morgan fingerprint density at radius 1 is 1.15 bits per heavy atom. The fraction of sp³-hybridized carbons (Fsp3) is 0.200. The van der Waals surface area contributed by atoms with Crippen LogP contribution < -0.4 is 20.3 Å². The van der Waals surface area contributed by atoms with Gasteiger partial charge in [-0.25, -0.2) is 18.0 Å². The summed E-state index contributed by atoms with van der Waals surface area (Å²) in [5, 5.41) is 4.88. The van der Waals surface area contributed by atoms with Crippen LogP contribution in [0.1, 0.15) is 10.4 Å². The van der Waals surface area contributed by atoms with Crippen LogP contribution in [0, 0.1) is 0 Å². The Bertz CT molecular complexity index is 1260. The molecule has 13 heteroatoms. The summed E-state index contributed by atoms with van der Waals surface area (Å²) in [7, 11) is -1.97. The molecule has 0 saturated heterocycles. The molecule has 0 radical (unpaired) electrons. The van der Waals surface area contributed by atoms with E-state index in [1.165, 1.54) is 13.2 Å². The number of carbonyl (C=O) groups is 3. The Morgan fingerprint density at radius 2 is 1.91 bits per heavy atom. The second-order valence-electron chi connectivity index (χ2n) is 6.90. The van der Waals surface area contributed by atoms with Crippen molar-refractivity contribution in [3.63, 3.8) is 0 Å². The lowest BCUT2D eigenvalue weighted by molar-refractivity contribution is -0.123. The van der Waals surface area contributed by atoms with Crippen LogP contribution in [-0.2, 0) is 19.6 Å². The summed E-state index contributed by atoms with van der Waals surface area (Å²) in [6.07, 6.45) is 0. The molecule has 0 unspecified atom stereocenters. The molecule has 2 aliphatic rings. The molecule has 2 aromatic rings. The quantitative estimate of drug-likeness (QED) is 0.600. The maximum absolute atomic E-state index is 12.3. The summed E-state index contributed by atoms with van der Waals surface area (Å²) >= 11 is 1.14. The van der Waals surface area contributed by atoms with E-state index in [-0.39, 0.29) is 17.9 Å². The number of hydrogen-bond donors (Lipinski definition) is 2. The second-order valence-corrected chi connectivity index (χ2v) is 9.67. The predicted octanol–water partition coefficient (Wildman–Crippen LogP) is 1.81. The Labute approximate surface area is 193 Å². The molecule has 0 atom stereocenters. The van der Waals surface area contributed by atoms with E-state index in [9.17, 15) is 22.8 Å². The fourth-order valence-corrected chi connectivity index (χ4v) is 5.37. The smallest absolute Gasteiger partial charge is 0.338 e. The minimum absolute atomic E-state index is 0.0819. The Balaban J connectivity index is 1.30. The van der Waals surface area contributed by atoms with Gasteiger partial charge in [-0.05, 0) is 54.2 Å². The average molecular weight is 491 g/mol. The number of thioether (sulfide) groups is 1. The minimum atomic E-state index is -3.48. The zero-order chi connectivity index (χ0) is 23.6. The molecule has 0 spiro atoms. The topological polar surface area (TPSA) is 143 Å². The number of nitrogens with one attached hydrogen (secondary N) is 2. The number of urea groups is 1. The zero-order valence-electron chi connectivity index (χ0n) is 17.2. The Kier molecular flexibility index (Phi) is 6.24. The van der Waals surface area contributed by atoms with Gasteiger partial charge < -0.3 is 19.7 Å². The van der Waals surface area contributed by atoms with Gasteiger partial charge >= 0.3 is 12.0 Å². The lowest BCUT2D eigenvalue weighted by atomic mass is 10.2. The van der Waals surface area contributed by atoms with Crippen molar-refractivity contribution in [3.05, 3.63) is 48.0 Å². The number of amidine groups is 1. The van der Waals surface area contributed by atoms with Crippen molar-refractivity contribution in [3.8, 4) is 5.75 Å². The van der Waals surface area contributed by atoms with E-state index in [1.54, 1.807) is 41.3 Å². The molecule has 2 aromatic carbocycles. The number of fused-ring (bicyclic) bond motifs is 3. The highest BCUT2D eigenvalue weighted by atomic mass is 32.2. The summed E-state index contributed by atoms with van der Waals surface area (Å²) in [6, 6.07) is 10.4. The van der Waals surface area contributed by atoms with E-state index in [1.807, 2.05) is 0 Å². The average Bonchev–Trinajstić information content (AvgIpc) is 3.13. The van der Waals surface area contributed by atoms with Gasteiger partial charge in [0.25, 0.3) is 15.9 Å². The number of hydrogen-bond acceptors (Lipinski definition) is 9. The fourth-order valence-electron chi connectivity index (χ4n) is 3.07. The molecule has 0 aromatic heterocycles. The number of nitrogens with zero attached hydrogens (tertiary/aromatic N) is 2. The van der Waals surface area contributed by atoms with Gasteiger partial charge in [0, 0.05) is 17.1 Å². The van der Waals surface area contributed by atoms with Crippen molar-refractivity contribution in [2.75, 3.05) is 36.2 Å². The van der Waals surface area contributed by atoms with Crippen molar-refractivity contribution < 1.29 is 32.3 Å². The highest BCUT2D eigenvalue weighted by Crippen LogP contribution is 2.42. The number of rotatable bonds is 5. The minimum Gasteiger partial charge on any atom is -0.497 e. The molecular formula is C20H18N4O7S2. The lowest BCUT2D eigenvalue weighted by Gasteiger charge is -2.22. The first-order chi connectivity index (χ1) is 15.7. The van der Waals surface area contributed by atoms with Gasteiger partial charge in [-0.1, -0.05) is 0 Å². The first-order valence-corrected chi connectivity index (χ1v) is 12.0. The monoisotopic (exact) mass is 490 g/mol. The van der Waals surface area contributed by atoms with Crippen molar-refractivity contribution in [1.29, 1.82) is 0 Å². The molecule has 2 N–H and O–H groups in total. The largest absolute Gasteiger partial charge is 0.497 e. The SMILES string of the molecule is COc1ccc(NC(=O)NC(=O)COC(=O)c2ccc3c(c2)SC2=NS(=O)(=O)CCN23)cc1. The van der Waals surface area contributed by atoms with Crippen LogP contribution in [0.2, 0.25) is 0 Å². The van der Waals surface area contributed by atoms with Gasteiger partial charge in [-0.3, -0.25) is 10.1 Å². The van der Waals surface area contributed by atoms with Crippen LogP contribution in [0.5, 0.6) is 5.75 Å². The van der Waals surface area contributed by atoms with Crippen LogP contribution in [0.25, 0.3) is 0 Å². The van der Waals surface area contributed by atoms with Gasteiger partial charge in [-0.2, -0.15) is 0 Å². The van der Waals surface area contributed by atoms with Gasteiger partial charge in [0.1, 0.15) is 5.75 Å². The summed E-state index contributed by atoms with van der Waals surface area (Å²) in [5.41, 5.74) is 1.38. The van der Waals surface area contributed by atoms with Gasteiger partial charge in [-0.15, -0.1) is 4.40 Å². The summed E-state index contributed by atoms with van der Waals surface area (Å²) in [6.45, 7) is -0.375. The first kappa shape index (κ1) is 22.6. The number of methoxy groups -OCH3 is 1. The molecule has 11 nitrogen and oxygen atoms in total. The van der Waals surface area contributed by atoms with Gasteiger partial charge in [0.15, 0.2) is 11.8 Å². The molecule has 0 aliphatic carbocycles. The van der Waals surface area contributed by atoms with E-state index in [0.717, 1.165) is 17.4 Å². The molecule has 3 amide bonds. The zero-order valence-corrected chi connectivity index (χ0v) is 18.9. The number of imide groups is 1. The maximum atomic E-state index is 12.3. The van der Waals surface area contributed by atoms with Crippen LogP contribution in [0.15, 0.2) is 51.8 Å². The lowest BCUT2D eigenvalue weighted by Crippen LogP contribution is -2.37. The van der Waals surface area contributed by atoms with Crippen LogP contribution in [0.3, 0.4) is 0 Å². The van der Waals surface area contributed by atoms with E-state index < -0.39 is 34.5 Å². The third-order valence-electron chi connectivity index (χ3n) is 4.64. The highest BCUT2D eigenvalue weighted by molar-refractivity contribution is 8.15. The van der Waals surface area contributed by atoms with Crippen LogP contribution in [-0.4, -0.2) is 57.5 Å². The number of carbonyl (C=O) groups excluding carboxylic acids is 3. The number of ether oxygens (including phenoxy) is 2. The number of amides is 3. The van der Waals surface area contributed by atoms with E-state index in [0.29, 0.717) is 21.5 Å². The summed E-state index contributed by atoms with van der Waals surface area (Å²) in [5.74, 6) is -1.03. The van der Waals surface area contributed by atoms with Crippen molar-refractivity contribution >= 4 is 56.2 Å². The van der Waals surface area contributed by atoms with E-state index >= 15 is 0 Å². The molecule has 0 fully saturated rings. The molecule has 0 saturated carbocycles. The standard InChI is InChI=1S/C20H18N4O7S2/c1-30-14-5-3-13(4-6-14)21-19(27)22-17(25)11-31-18(26)12-2-7-15-16(10-12)32-20-23-33(28,29)9-8-24(15)20/h2-7,10H,8-9,11H2,1H3,(H2,21,22,25,27). The number of benzene rings is 2. The normalized spacial score (nSPS) is 15.5. The Hall–Kier alpha value is -3.58. The van der Waals surface area contributed by atoms with Gasteiger partial charge in [0.2, 0.25) is 0 Å². The maximum Gasteiger partial charge on any atom is 0.338 e. The molecule has 2 aliphatic heterocycles. The third kappa shape index (κ3) is 5.26. The molecular weight excluding hydrogens is 472 g/mol. The van der Waals surface area contributed by atoms with Gasteiger partial charge in [0.05, 0.1) is 24.1 Å². The van der Waals surface area contributed by atoms with Crippen molar-refractivity contribution in [2.24, 2.45) is 4.40 Å². The van der Waals surface area contributed by atoms with Crippen molar-refractivity contribution in [2.45, 2.75) is 4.90 Å². The number of sulfonamides is 1. The molecule has 33 heavy (non-hydrogen) atoms. The molecule has 0 bridgehead atoms. The predicted molar refractivity (Wildman–Crippen MR) is 121 cm³/mol. The van der Waals surface area contributed by atoms with E-state index in [4.69, 9.17) is 9.47 Å². The molecule has 4 rings (SSSR count). The van der Waals surface area contributed by atoms with Crippen LogP contribution >= 0.6 is 11.8 Å². The number of anilines is 2. The molecule has 172 valence electrons. The van der Waals surface area contributed by atoms with Crippen molar-refractivity contribution in [1.82, 2.24) is 5.32 Å². The summed E-state index contributed by atoms with van der Waals surface area (Å²) < 4.78 is 37.2.